The Labute approximate surface area is 105 Å². The Morgan fingerprint density at radius 3 is 2.59 bits per heavy atom. The van der Waals surface area contributed by atoms with Crippen LogP contribution in [-0.4, -0.2) is 68.3 Å². The summed E-state index contributed by atoms with van der Waals surface area (Å²) in [7, 11) is 4.44. The largest absolute Gasteiger partial charge is 0.377 e. The molecule has 2 atom stereocenters. The van der Waals surface area contributed by atoms with Crippen molar-refractivity contribution < 1.29 is 4.74 Å². The van der Waals surface area contributed by atoms with Gasteiger partial charge in [-0.1, -0.05) is 0 Å². The number of likely N-dealkylation sites (tertiary alicyclic amines) is 1. The zero-order chi connectivity index (χ0) is 12.3. The molecular weight excluding hydrogens is 214 g/mol. The molecule has 4 nitrogen and oxygen atoms in total. The molecule has 0 radical (unpaired) electrons. The van der Waals surface area contributed by atoms with Gasteiger partial charge in [-0.15, -0.1) is 0 Å². The SMILES string of the molecule is CN1CCC(N(C)C(CN)C2CCCO2)CC1. The van der Waals surface area contributed by atoms with Crippen molar-refractivity contribution in [1.29, 1.82) is 0 Å². The van der Waals surface area contributed by atoms with Gasteiger partial charge in [0.1, 0.15) is 0 Å². The summed E-state index contributed by atoms with van der Waals surface area (Å²) in [5.41, 5.74) is 5.96. The van der Waals surface area contributed by atoms with Crippen LogP contribution in [0.4, 0.5) is 0 Å². The minimum atomic E-state index is 0.365. The van der Waals surface area contributed by atoms with Gasteiger partial charge in [0, 0.05) is 25.2 Å². The standard InChI is InChI=1S/C13H27N3O/c1-15-7-5-11(6-8-15)16(2)12(10-14)13-4-3-9-17-13/h11-13H,3-10,14H2,1-2H3. The third-order valence-corrected chi connectivity index (χ3v) is 4.42. The second-order valence-corrected chi connectivity index (χ2v) is 5.55. The fourth-order valence-electron chi connectivity index (χ4n) is 3.16. The summed E-state index contributed by atoms with van der Waals surface area (Å²) in [4.78, 5) is 4.90. The molecule has 0 aromatic carbocycles. The highest BCUT2D eigenvalue weighted by Gasteiger charge is 2.32. The van der Waals surface area contributed by atoms with E-state index in [0.29, 0.717) is 24.7 Å². The first-order valence-corrected chi connectivity index (χ1v) is 6.94. The van der Waals surface area contributed by atoms with Crippen LogP contribution in [-0.2, 0) is 4.74 Å². The van der Waals surface area contributed by atoms with E-state index in [-0.39, 0.29) is 0 Å². The van der Waals surface area contributed by atoms with Gasteiger partial charge in [-0.2, -0.15) is 0 Å². The molecule has 0 bridgehead atoms. The smallest absolute Gasteiger partial charge is 0.0743 e. The summed E-state index contributed by atoms with van der Waals surface area (Å²) in [5.74, 6) is 0. The van der Waals surface area contributed by atoms with E-state index in [4.69, 9.17) is 10.5 Å². The zero-order valence-corrected chi connectivity index (χ0v) is 11.3. The van der Waals surface area contributed by atoms with Gasteiger partial charge in [0.2, 0.25) is 0 Å². The summed E-state index contributed by atoms with van der Waals surface area (Å²) >= 11 is 0. The van der Waals surface area contributed by atoms with E-state index in [1.807, 2.05) is 0 Å². The molecule has 0 spiro atoms. The van der Waals surface area contributed by atoms with Crippen molar-refractivity contribution in [3.05, 3.63) is 0 Å². The second-order valence-electron chi connectivity index (χ2n) is 5.55. The molecule has 0 amide bonds. The van der Waals surface area contributed by atoms with Crippen LogP contribution in [0.3, 0.4) is 0 Å². The number of likely N-dealkylation sites (N-methyl/N-ethyl adjacent to an activating group) is 1. The Kier molecular flexibility index (Phi) is 4.79. The quantitative estimate of drug-likeness (QED) is 0.779. The number of rotatable bonds is 4. The maximum atomic E-state index is 5.96. The molecule has 0 aromatic rings. The van der Waals surface area contributed by atoms with Crippen molar-refractivity contribution in [2.75, 3.05) is 40.3 Å². The van der Waals surface area contributed by atoms with E-state index in [1.54, 1.807) is 0 Å². The van der Waals surface area contributed by atoms with Crippen molar-refractivity contribution in [2.24, 2.45) is 5.73 Å². The van der Waals surface area contributed by atoms with Gasteiger partial charge in [-0.05, 0) is 52.9 Å². The Bertz CT molecular complexity index is 223. The van der Waals surface area contributed by atoms with Gasteiger partial charge >= 0.3 is 0 Å². The molecule has 0 aliphatic carbocycles. The number of ether oxygens (including phenoxy) is 1. The molecule has 2 unspecified atom stereocenters. The first-order valence-electron chi connectivity index (χ1n) is 6.94. The highest BCUT2D eigenvalue weighted by molar-refractivity contribution is 4.87. The van der Waals surface area contributed by atoms with E-state index >= 15 is 0 Å². The molecule has 0 saturated carbocycles. The topological polar surface area (TPSA) is 41.7 Å². The summed E-state index contributed by atoms with van der Waals surface area (Å²) < 4.78 is 5.81. The number of hydrogen-bond donors (Lipinski definition) is 1. The van der Waals surface area contributed by atoms with Crippen molar-refractivity contribution in [3.8, 4) is 0 Å². The lowest BCUT2D eigenvalue weighted by molar-refractivity contribution is 0.00903. The van der Waals surface area contributed by atoms with E-state index in [9.17, 15) is 0 Å². The third kappa shape index (κ3) is 3.19. The molecule has 2 aliphatic heterocycles. The van der Waals surface area contributed by atoms with Crippen LogP contribution in [0, 0.1) is 0 Å². The predicted octanol–water partition coefficient (Wildman–Crippen LogP) is 0.519. The lowest BCUT2D eigenvalue weighted by Crippen LogP contribution is -2.53. The van der Waals surface area contributed by atoms with Crippen LogP contribution < -0.4 is 5.73 Å². The van der Waals surface area contributed by atoms with Crippen LogP contribution in [0.5, 0.6) is 0 Å². The van der Waals surface area contributed by atoms with Gasteiger partial charge in [0.25, 0.3) is 0 Å². The molecule has 2 aliphatic rings. The van der Waals surface area contributed by atoms with Crippen LogP contribution >= 0.6 is 0 Å². The summed E-state index contributed by atoms with van der Waals surface area (Å²) in [5, 5.41) is 0. The van der Waals surface area contributed by atoms with Crippen molar-refractivity contribution in [3.63, 3.8) is 0 Å². The molecule has 2 heterocycles. The van der Waals surface area contributed by atoms with Gasteiger partial charge in [0.15, 0.2) is 0 Å². The lowest BCUT2D eigenvalue weighted by atomic mass is 9.99. The molecule has 2 rings (SSSR count). The normalized spacial score (nSPS) is 30.0. The molecule has 2 fully saturated rings. The van der Waals surface area contributed by atoms with Crippen molar-refractivity contribution in [2.45, 2.75) is 43.9 Å². The first kappa shape index (κ1) is 13.3. The van der Waals surface area contributed by atoms with Crippen LogP contribution in [0.2, 0.25) is 0 Å². The van der Waals surface area contributed by atoms with E-state index in [2.05, 4.69) is 23.9 Å². The molecule has 17 heavy (non-hydrogen) atoms. The Balaban J connectivity index is 1.89. The predicted molar refractivity (Wildman–Crippen MR) is 70.1 cm³/mol. The van der Waals surface area contributed by atoms with Crippen LogP contribution in [0.15, 0.2) is 0 Å². The maximum absolute atomic E-state index is 5.96. The molecule has 2 saturated heterocycles. The monoisotopic (exact) mass is 241 g/mol. The summed E-state index contributed by atoms with van der Waals surface area (Å²) in [6.45, 7) is 4.05. The highest BCUT2D eigenvalue weighted by atomic mass is 16.5. The molecule has 0 aromatic heterocycles. The van der Waals surface area contributed by atoms with E-state index in [0.717, 1.165) is 6.61 Å². The Morgan fingerprint density at radius 1 is 1.35 bits per heavy atom. The number of hydrogen-bond acceptors (Lipinski definition) is 4. The van der Waals surface area contributed by atoms with Gasteiger partial charge in [0.05, 0.1) is 6.10 Å². The van der Waals surface area contributed by atoms with Gasteiger partial charge < -0.3 is 15.4 Å². The Morgan fingerprint density at radius 2 is 2.06 bits per heavy atom. The minimum absolute atomic E-state index is 0.365. The van der Waals surface area contributed by atoms with Gasteiger partial charge in [-0.25, -0.2) is 0 Å². The molecule has 2 N–H and O–H groups in total. The molecular formula is C13H27N3O. The number of piperidine rings is 1. The maximum Gasteiger partial charge on any atom is 0.0743 e. The van der Waals surface area contributed by atoms with Gasteiger partial charge in [-0.3, -0.25) is 4.90 Å². The van der Waals surface area contributed by atoms with Crippen LogP contribution in [0.1, 0.15) is 25.7 Å². The third-order valence-electron chi connectivity index (χ3n) is 4.42. The van der Waals surface area contributed by atoms with Crippen molar-refractivity contribution >= 4 is 0 Å². The Hall–Kier alpha value is -0.160. The average Bonchev–Trinajstić information content (AvgIpc) is 2.84. The number of nitrogens with zero attached hydrogens (tertiary/aromatic N) is 2. The van der Waals surface area contributed by atoms with Crippen LogP contribution in [0.25, 0.3) is 0 Å². The number of nitrogens with two attached hydrogens (primary N) is 1. The first-order chi connectivity index (χ1) is 8.22. The second kappa shape index (κ2) is 6.14. The fraction of sp³-hybridized carbons (Fsp3) is 1.00. The summed E-state index contributed by atoms with van der Waals surface area (Å²) in [6.07, 6.45) is 5.26. The molecule has 4 heteroatoms. The average molecular weight is 241 g/mol. The summed E-state index contributed by atoms with van der Waals surface area (Å²) in [6, 6.07) is 1.09. The minimum Gasteiger partial charge on any atom is -0.377 e. The zero-order valence-electron chi connectivity index (χ0n) is 11.3. The van der Waals surface area contributed by atoms with Crippen molar-refractivity contribution in [1.82, 2.24) is 9.80 Å². The fourth-order valence-corrected chi connectivity index (χ4v) is 3.16. The van der Waals surface area contributed by atoms with E-state index in [1.165, 1.54) is 38.8 Å². The lowest BCUT2D eigenvalue weighted by Gasteiger charge is -2.40. The molecule has 100 valence electrons. The van der Waals surface area contributed by atoms with E-state index < -0.39 is 0 Å². The highest BCUT2D eigenvalue weighted by Crippen LogP contribution is 2.23.